The topological polar surface area (TPSA) is 42.9 Å². The Kier molecular flexibility index (Phi) is 2.09. The smallest absolute Gasteiger partial charge is 0.165 e. The molecule has 0 amide bonds. The van der Waals surface area contributed by atoms with Crippen LogP contribution in [0.25, 0.3) is 0 Å². The fraction of sp³-hybridized carbons (Fsp3) is 0. The van der Waals surface area contributed by atoms with Gasteiger partial charge in [-0.25, -0.2) is 14.2 Å². The summed E-state index contributed by atoms with van der Waals surface area (Å²) in [5.41, 5.74) is 0. The van der Waals surface area contributed by atoms with Crippen LogP contribution in [0.3, 0.4) is 0 Å². The van der Waals surface area contributed by atoms with Crippen molar-refractivity contribution < 1.29 is 4.21 Å². The SMILES string of the molecule is O=S=Cc1ncccn1. The average molecular weight is 140 g/mol. The maximum Gasteiger partial charge on any atom is 0.165 e. The van der Waals surface area contributed by atoms with E-state index in [-0.39, 0.29) is 0 Å². The highest BCUT2D eigenvalue weighted by molar-refractivity contribution is 7.65. The van der Waals surface area contributed by atoms with E-state index in [0.717, 1.165) is 0 Å². The van der Waals surface area contributed by atoms with Crippen molar-refractivity contribution in [3.05, 3.63) is 24.3 Å². The van der Waals surface area contributed by atoms with Crippen LogP contribution in [0.15, 0.2) is 18.5 Å². The molecule has 0 saturated carbocycles. The number of hydrogen-bond donors (Lipinski definition) is 0. The first kappa shape index (κ1) is 6.10. The molecule has 0 bridgehead atoms. The highest BCUT2D eigenvalue weighted by Crippen LogP contribution is 1.78. The third kappa shape index (κ3) is 1.73. The van der Waals surface area contributed by atoms with Gasteiger partial charge in [-0.3, -0.25) is 0 Å². The van der Waals surface area contributed by atoms with E-state index in [1.807, 2.05) is 0 Å². The molecule has 3 nitrogen and oxygen atoms in total. The fourth-order valence-electron chi connectivity index (χ4n) is 0.415. The molecular formula is C5H4N2OS. The molecule has 1 rings (SSSR count). The molecule has 0 aliphatic carbocycles. The molecule has 0 atom stereocenters. The molecule has 1 aromatic heterocycles. The number of aromatic nitrogens is 2. The van der Waals surface area contributed by atoms with Gasteiger partial charge >= 0.3 is 0 Å². The second kappa shape index (κ2) is 3.09. The average Bonchev–Trinajstić information content (AvgIpc) is 1.91. The van der Waals surface area contributed by atoms with Gasteiger partial charge in [0.2, 0.25) is 0 Å². The van der Waals surface area contributed by atoms with Gasteiger partial charge in [-0.1, -0.05) is 0 Å². The van der Waals surface area contributed by atoms with Crippen molar-refractivity contribution in [3.63, 3.8) is 0 Å². The molecule has 0 aliphatic rings. The summed E-state index contributed by atoms with van der Waals surface area (Å²) in [6.45, 7) is 0. The Balaban J connectivity index is 2.97. The Morgan fingerprint density at radius 2 is 2.11 bits per heavy atom. The molecule has 0 aliphatic heterocycles. The second-order valence-electron chi connectivity index (χ2n) is 1.32. The van der Waals surface area contributed by atoms with E-state index >= 15 is 0 Å². The van der Waals surface area contributed by atoms with Crippen molar-refractivity contribution in [3.8, 4) is 0 Å². The lowest BCUT2D eigenvalue weighted by Crippen LogP contribution is -1.88. The van der Waals surface area contributed by atoms with Crippen LogP contribution in [-0.4, -0.2) is 19.5 Å². The molecule has 9 heavy (non-hydrogen) atoms. The molecule has 0 unspecified atom stereocenters. The zero-order valence-corrected chi connectivity index (χ0v) is 5.34. The summed E-state index contributed by atoms with van der Waals surface area (Å²) in [4.78, 5) is 7.56. The lowest BCUT2D eigenvalue weighted by atomic mass is 10.6. The Bertz CT molecular complexity index is 230. The summed E-state index contributed by atoms with van der Waals surface area (Å²) in [6, 6.07) is 1.70. The molecular weight excluding hydrogens is 136 g/mol. The standard InChI is InChI=1S/C5H4N2OS/c8-9-4-5-6-2-1-3-7-5/h1-4H. The second-order valence-corrected chi connectivity index (χ2v) is 1.75. The van der Waals surface area contributed by atoms with E-state index in [9.17, 15) is 4.21 Å². The predicted molar refractivity (Wildman–Crippen MR) is 35.3 cm³/mol. The lowest BCUT2D eigenvalue weighted by molar-refractivity contribution is 0.701. The highest BCUT2D eigenvalue weighted by Gasteiger charge is 1.82. The molecule has 46 valence electrons. The Morgan fingerprint density at radius 3 is 2.67 bits per heavy atom. The molecule has 0 aromatic carbocycles. The molecule has 1 heterocycles. The number of hydrogen-bond acceptors (Lipinski definition) is 3. The zero-order chi connectivity index (χ0) is 6.53. The van der Waals surface area contributed by atoms with E-state index in [0.29, 0.717) is 17.1 Å². The highest BCUT2D eigenvalue weighted by atomic mass is 32.1. The molecule has 0 spiro atoms. The van der Waals surface area contributed by atoms with Crippen LogP contribution in [-0.2, 0) is 11.3 Å². The first-order valence-electron chi connectivity index (χ1n) is 2.32. The molecule has 4 heteroatoms. The van der Waals surface area contributed by atoms with Crippen LogP contribution in [0.4, 0.5) is 0 Å². The fourth-order valence-corrected chi connectivity index (χ4v) is 0.622. The monoisotopic (exact) mass is 140 g/mol. The maximum atomic E-state index is 9.88. The summed E-state index contributed by atoms with van der Waals surface area (Å²) >= 11 is 0.355. The van der Waals surface area contributed by atoms with E-state index in [4.69, 9.17) is 0 Å². The minimum Gasteiger partial charge on any atom is -0.236 e. The Morgan fingerprint density at radius 1 is 1.44 bits per heavy atom. The first-order valence-corrected chi connectivity index (χ1v) is 3.13. The van der Waals surface area contributed by atoms with E-state index in [1.165, 1.54) is 5.37 Å². The van der Waals surface area contributed by atoms with Crippen molar-refractivity contribution in [2.45, 2.75) is 0 Å². The van der Waals surface area contributed by atoms with Crippen LogP contribution in [0, 0.1) is 0 Å². The van der Waals surface area contributed by atoms with Gasteiger partial charge in [-0.2, -0.15) is 0 Å². The molecule has 1 aromatic rings. The quantitative estimate of drug-likeness (QED) is 0.509. The predicted octanol–water partition coefficient (Wildman–Crippen LogP) is -0.160. The van der Waals surface area contributed by atoms with Gasteiger partial charge in [0.05, 0.1) is 16.6 Å². The largest absolute Gasteiger partial charge is 0.236 e. The molecule has 0 saturated heterocycles. The van der Waals surface area contributed by atoms with Gasteiger partial charge in [0.15, 0.2) is 5.82 Å². The maximum absolute atomic E-state index is 9.88. The van der Waals surface area contributed by atoms with Crippen molar-refractivity contribution in [2.24, 2.45) is 0 Å². The summed E-state index contributed by atoms with van der Waals surface area (Å²) in [5.74, 6) is 0.470. The van der Waals surface area contributed by atoms with E-state index in [1.54, 1.807) is 18.5 Å². The number of rotatable bonds is 1. The summed E-state index contributed by atoms with van der Waals surface area (Å²) in [7, 11) is 0. The molecule has 0 radical (unpaired) electrons. The Hall–Kier alpha value is -1.03. The van der Waals surface area contributed by atoms with Gasteiger partial charge in [0, 0.05) is 12.4 Å². The van der Waals surface area contributed by atoms with Crippen molar-refractivity contribution in [1.29, 1.82) is 0 Å². The Labute approximate surface area is 55.8 Å². The van der Waals surface area contributed by atoms with Crippen LogP contribution >= 0.6 is 0 Å². The van der Waals surface area contributed by atoms with Crippen molar-refractivity contribution >= 4 is 16.6 Å². The lowest BCUT2D eigenvalue weighted by Gasteiger charge is -1.82. The van der Waals surface area contributed by atoms with Crippen LogP contribution in [0.1, 0.15) is 5.82 Å². The minimum absolute atomic E-state index is 0.355. The van der Waals surface area contributed by atoms with Gasteiger partial charge in [-0.15, -0.1) is 0 Å². The minimum atomic E-state index is 0.355. The van der Waals surface area contributed by atoms with Gasteiger partial charge in [0.1, 0.15) is 0 Å². The van der Waals surface area contributed by atoms with Gasteiger partial charge in [0.25, 0.3) is 0 Å². The van der Waals surface area contributed by atoms with Crippen LogP contribution in [0.5, 0.6) is 0 Å². The summed E-state index contributed by atoms with van der Waals surface area (Å²) in [6.07, 6.45) is 3.18. The molecule has 0 N–H and O–H groups in total. The van der Waals surface area contributed by atoms with Gasteiger partial charge in [-0.05, 0) is 6.07 Å². The molecule has 0 fully saturated rings. The third-order valence-electron chi connectivity index (χ3n) is 0.739. The van der Waals surface area contributed by atoms with Crippen LogP contribution < -0.4 is 0 Å². The van der Waals surface area contributed by atoms with E-state index < -0.39 is 0 Å². The van der Waals surface area contributed by atoms with Crippen LogP contribution in [0.2, 0.25) is 0 Å². The third-order valence-corrected chi connectivity index (χ3v) is 1.05. The first-order chi connectivity index (χ1) is 4.43. The van der Waals surface area contributed by atoms with E-state index in [2.05, 4.69) is 9.97 Å². The normalized spacial score (nSPS) is 8.44. The van der Waals surface area contributed by atoms with Gasteiger partial charge < -0.3 is 0 Å². The van der Waals surface area contributed by atoms with Crippen molar-refractivity contribution in [2.75, 3.05) is 0 Å². The van der Waals surface area contributed by atoms with Crippen molar-refractivity contribution in [1.82, 2.24) is 9.97 Å². The zero-order valence-electron chi connectivity index (χ0n) is 4.52. The summed E-state index contributed by atoms with van der Waals surface area (Å²) < 4.78 is 9.88. The number of nitrogens with zero attached hydrogens (tertiary/aromatic N) is 2. The summed E-state index contributed by atoms with van der Waals surface area (Å²) in [5, 5.41) is 1.35.